The molecule has 2 atom stereocenters. The van der Waals surface area contributed by atoms with Crippen LogP contribution in [0.2, 0.25) is 0 Å². The van der Waals surface area contributed by atoms with E-state index in [1.165, 1.54) is 6.20 Å². The van der Waals surface area contributed by atoms with Gasteiger partial charge in [-0.3, -0.25) is 14.5 Å². The highest BCUT2D eigenvalue weighted by atomic mass is 16.5. The molecule has 3 heterocycles. The Morgan fingerprint density at radius 2 is 2.15 bits per heavy atom. The molecule has 2 aliphatic rings. The lowest BCUT2D eigenvalue weighted by Gasteiger charge is -2.34. The van der Waals surface area contributed by atoms with Gasteiger partial charge in [0.1, 0.15) is 11.3 Å². The first-order valence-corrected chi connectivity index (χ1v) is 8.98. The molecule has 2 N–H and O–H groups in total. The molecule has 1 amide bonds. The second-order valence-corrected chi connectivity index (χ2v) is 7.26. The molecule has 4 rings (SSSR count). The van der Waals surface area contributed by atoms with Crippen molar-refractivity contribution in [3.05, 3.63) is 40.2 Å². The van der Waals surface area contributed by atoms with Crippen LogP contribution in [0, 0.1) is 0 Å². The van der Waals surface area contributed by atoms with Crippen LogP contribution in [0.15, 0.2) is 29.2 Å². The number of benzene rings is 1. The van der Waals surface area contributed by atoms with E-state index in [4.69, 9.17) is 4.74 Å². The Morgan fingerprint density at radius 3 is 2.96 bits per heavy atom. The third kappa shape index (κ3) is 3.08. The number of nitrogens with one attached hydrogen (secondary N) is 2. The zero-order valence-electron chi connectivity index (χ0n) is 15.1. The first kappa shape index (κ1) is 17.1. The first-order valence-electron chi connectivity index (χ1n) is 8.98. The number of piperazine rings is 1. The highest BCUT2D eigenvalue weighted by Gasteiger charge is 2.36. The van der Waals surface area contributed by atoms with E-state index < -0.39 is 0 Å². The average Bonchev–Trinajstić information content (AvgIpc) is 3.03. The van der Waals surface area contributed by atoms with Crippen molar-refractivity contribution in [3.8, 4) is 5.75 Å². The maximum Gasteiger partial charge on any atom is 0.257 e. The van der Waals surface area contributed by atoms with Crippen LogP contribution >= 0.6 is 0 Å². The molecule has 26 heavy (non-hydrogen) atoms. The molecule has 1 aromatic carbocycles. The van der Waals surface area contributed by atoms with Crippen LogP contribution in [0.3, 0.4) is 0 Å². The molecule has 0 unspecified atom stereocenters. The van der Waals surface area contributed by atoms with Gasteiger partial charge in [0.15, 0.2) is 0 Å². The second kappa shape index (κ2) is 6.74. The van der Waals surface area contributed by atoms with Gasteiger partial charge in [-0.1, -0.05) is 0 Å². The van der Waals surface area contributed by atoms with Gasteiger partial charge in [0.05, 0.1) is 7.11 Å². The molecule has 2 fully saturated rings. The quantitative estimate of drug-likeness (QED) is 0.845. The normalized spacial score (nSPS) is 23.8. The highest BCUT2D eigenvalue weighted by molar-refractivity contribution is 5.97. The maximum atomic E-state index is 12.8. The summed E-state index contributed by atoms with van der Waals surface area (Å²) >= 11 is 0. The molecule has 0 bridgehead atoms. The molecule has 2 aromatic rings. The van der Waals surface area contributed by atoms with Crippen LogP contribution in [0.25, 0.3) is 10.9 Å². The summed E-state index contributed by atoms with van der Waals surface area (Å²) in [6, 6.07) is 5.79. The van der Waals surface area contributed by atoms with Gasteiger partial charge in [0.2, 0.25) is 5.43 Å². The van der Waals surface area contributed by atoms with Gasteiger partial charge in [-0.05, 0) is 31.7 Å². The summed E-state index contributed by atoms with van der Waals surface area (Å²) in [6.07, 6.45) is 2.43. The number of aromatic amines is 1. The Balaban J connectivity index is 1.53. The van der Waals surface area contributed by atoms with E-state index in [0.717, 1.165) is 32.6 Å². The molecule has 0 saturated carbocycles. The van der Waals surface area contributed by atoms with Gasteiger partial charge in [0, 0.05) is 55.4 Å². The molecule has 1 aromatic heterocycles. The van der Waals surface area contributed by atoms with E-state index in [-0.39, 0.29) is 22.9 Å². The summed E-state index contributed by atoms with van der Waals surface area (Å²) in [6.45, 7) is 3.97. The summed E-state index contributed by atoms with van der Waals surface area (Å²) in [5, 5.41) is 3.51. The van der Waals surface area contributed by atoms with Gasteiger partial charge in [0.25, 0.3) is 5.91 Å². The number of hydrogen-bond donors (Lipinski definition) is 2. The van der Waals surface area contributed by atoms with E-state index in [0.29, 0.717) is 22.7 Å². The zero-order chi connectivity index (χ0) is 18.3. The van der Waals surface area contributed by atoms with Crippen LogP contribution in [-0.2, 0) is 0 Å². The van der Waals surface area contributed by atoms with E-state index in [1.807, 2.05) is 0 Å². The van der Waals surface area contributed by atoms with E-state index in [1.54, 1.807) is 25.3 Å². The van der Waals surface area contributed by atoms with Crippen molar-refractivity contribution in [2.45, 2.75) is 18.5 Å². The monoisotopic (exact) mass is 356 g/mol. The predicted molar refractivity (Wildman–Crippen MR) is 99.8 cm³/mol. The third-order valence-electron chi connectivity index (χ3n) is 5.49. The molecule has 138 valence electrons. The number of nitrogens with zero attached hydrogens (tertiary/aromatic N) is 2. The van der Waals surface area contributed by atoms with Gasteiger partial charge < -0.3 is 19.9 Å². The number of rotatable bonds is 3. The Bertz CT molecular complexity index is 894. The number of hydrogen-bond acceptors (Lipinski definition) is 5. The fourth-order valence-corrected chi connectivity index (χ4v) is 4.06. The van der Waals surface area contributed by atoms with Gasteiger partial charge in [-0.2, -0.15) is 0 Å². The second-order valence-electron chi connectivity index (χ2n) is 7.26. The largest absolute Gasteiger partial charge is 0.497 e. The summed E-state index contributed by atoms with van der Waals surface area (Å²) in [7, 11) is 3.68. The summed E-state index contributed by atoms with van der Waals surface area (Å²) < 4.78 is 5.19. The van der Waals surface area contributed by atoms with Crippen LogP contribution in [0.1, 0.15) is 16.8 Å². The Hall–Kier alpha value is -2.38. The minimum atomic E-state index is -0.311. The van der Waals surface area contributed by atoms with E-state index >= 15 is 0 Å². The smallest absolute Gasteiger partial charge is 0.257 e. The Labute approximate surface area is 151 Å². The molecule has 7 heteroatoms. The molecule has 0 aliphatic carbocycles. The number of carbonyl (C=O) groups is 1. The van der Waals surface area contributed by atoms with Crippen LogP contribution in [-0.4, -0.2) is 73.1 Å². The number of methoxy groups -OCH3 is 1. The van der Waals surface area contributed by atoms with Crippen molar-refractivity contribution in [2.24, 2.45) is 0 Å². The number of pyridine rings is 1. The fraction of sp³-hybridized carbons (Fsp3) is 0.474. The standard InChI is InChI=1S/C19H24N4O3/c1-22-5-6-23-10-12(7-13(23)11-22)21-19(25)16-9-20-17-4-3-14(26-2)8-15(17)18(16)24/h3-4,8-9,12-13H,5-7,10-11H2,1-2H3,(H,20,24)(H,21,25)/t12-,13-/m0/s1. The van der Waals surface area contributed by atoms with Crippen molar-refractivity contribution in [1.29, 1.82) is 0 Å². The van der Waals surface area contributed by atoms with Gasteiger partial charge in [-0.15, -0.1) is 0 Å². The Kier molecular flexibility index (Phi) is 4.42. The van der Waals surface area contributed by atoms with Gasteiger partial charge in [-0.25, -0.2) is 0 Å². The molecule has 2 saturated heterocycles. The average molecular weight is 356 g/mol. The summed E-state index contributed by atoms with van der Waals surface area (Å²) in [4.78, 5) is 33.2. The van der Waals surface area contributed by atoms with E-state index in [2.05, 4.69) is 27.1 Å². The number of aromatic nitrogens is 1. The number of ether oxygens (including phenoxy) is 1. The Morgan fingerprint density at radius 1 is 1.31 bits per heavy atom. The fourth-order valence-electron chi connectivity index (χ4n) is 4.06. The molecule has 7 nitrogen and oxygen atoms in total. The minimum absolute atomic E-state index is 0.0828. The minimum Gasteiger partial charge on any atom is -0.497 e. The highest BCUT2D eigenvalue weighted by Crippen LogP contribution is 2.22. The molecule has 2 aliphatic heterocycles. The first-order chi connectivity index (χ1) is 12.5. The SMILES string of the molecule is COc1ccc2[nH]cc(C(=O)N[C@H]3C[C@H]4CN(C)CCN4C3)c(=O)c2c1. The predicted octanol–water partition coefficient (Wildman–Crippen LogP) is 0.655. The molecular formula is C19H24N4O3. The lowest BCUT2D eigenvalue weighted by molar-refractivity contribution is 0.0935. The van der Waals surface area contributed by atoms with Crippen LogP contribution < -0.4 is 15.5 Å². The van der Waals surface area contributed by atoms with E-state index in [9.17, 15) is 9.59 Å². The van der Waals surface area contributed by atoms with Crippen molar-refractivity contribution < 1.29 is 9.53 Å². The lowest BCUT2D eigenvalue weighted by atomic mass is 10.1. The molecule has 0 radical (unpaired) electrons. The molecule has 0 spiro atoms. The number of H-pyrrole nitrogens is 1. The van der Waals surface area contributed by atoms with Crippen LogP contribution in [0.5, 0.6) is 5.75 Å². The lowest BCUT2D eigenvalue weighted by Crippen LogP contribution is -2.48. The van der Waals surface area contributed by atoms with Crippen molar-refractivity contribution >= 4 is 16.8 Å². The number of likely N-dealkylation sites (N-methyl/N-ethyl adjacent to an activating group) is 1. The number of fused-ring (bicyclic) bond motifs is 2. The topological polar surface area (TPSA) is 77.7 Å². The van der Waals surface area contributed by atoms with Crippen molar-refractivity contribution in [2.75, 3.05) is 40.3 Å². The van der Waals surface area contributed by atoms with Gasteiger partial charge >= 0.3 is 0 Å². The third-order valence-corrected chi connectivity index (χ3v) is 5.49. The molecular weight excluding hydrogens is 332 g/mol. The maximum absolute atomic E-state index is 12.8. The number of amides is 1. The summed E-state index contributed by atoms with van der Waals surface area (Å²) in [5.74, 6) is 0.284. The zero-order valence-corrected chi connectivity index (χ0v) is 15.1. The van der Waals surface area contributed by atoms with Crippen molar-refractivity contribution in [3.63, 3.8) is 0 Å². The van der Waals surface area contributed by atoms with Crippen LogP contribution in [0.4, 0.5) is 0 Å². The summed E-state index contributed by atoms with van der Waals surface area (Å²) in [5.41, 5.74) is 0.562. The number of carbonyl (C=O) groups excluding carboxylic acids is 1. The van der Waals surface area contributed by atoms with Crippen molar-refractivity contribution in [1.82, 2.24) is 20.1 Å².